The largest absolute Gasteiger partial charge is 0.306 e. The number of thiazole rings is 1. The summed E-state index contributed by atoms with van der Waals surface area (Å²) in [5, 5.41) is 4.86. The second-order valence-corrected chi connectivity index (χ2v) is 6.66. The van der Waals surface area contributed by atoms with E-state index in [4.69, 9.17) is 4.98 Å². The Hall–Kier alpha value is -0.410. The lowest BCUT2D eigenvalue weighted by molar-refractivity contribution is 0.317. The smallest absolute Gasteiger partial charge is 0.113 e. The summed E-state index contributed by atoms with van der Waals surface area (Å²) in [6.45, 7) is 14.3. The number of hydrogen-bond acceptors (Lipinski definition) is 3. The summed E-state index contributed by atoms with van der Waals surface area (Å²) in [6.07, 6.45) is 2.39. The van der Waals surface area contributed by atoms with Gasteiger partial charge in [0.15, 0.2) is 0 Å². The van der Waals surface area contributed by atoms with Crippen LogP contribution in [-0.4, -0.2) is 11.5 Å². The molecule has 1 unspecified atom stereocenters. The van der Waals surface area contributed by atoms with Gasteiger partial charge in [-0.25, -0.2) is 4.98 Å². The molecule has 1 atom stereocenters. The first-order valence-corrected chi connectivity index (χ1v) is 7.40. The van der Waals surface area contributed by atoms with Crippen molar-refractivity contribution < 1.29 is 0 Å². The quantitative estimate of drug-likeness (QED) is 0.829. The van der Waals surface area contributed by atoms with E-state index in [1.807, 2.05) is 11.3 Å². The summed E-state index contributed by atoms with van der Waals surface area (Å²) in [4.78, 5) is 6.08. The summed E-state index contributed by atoms with van der Waals surface area (Å²) in [7, 11) is 0. The predicted molar refractivity (Wildman–Crippen MR) is 76.7 cm³/mol. The van der Waals surface area contributed by atoms with Gasteiger partial charge in [0.1, 0.15) is 5.01 Å². The number of nitrogens with zero attached hydrogens (tertiary/aromatic N) is 1. The zero-order valence-corrected chi connectivity index (χ0v) is 12.9. The number of aryl methyl sites for hydroxylation is 2. The van der Waals surface area contributed by atoms with Crippen molar-refractivity contribution >= 4 is 11.3 Å². The number of rotatable bonds is 6. The van der Waals surface area contributed by atoms with Crippen LogP contribution < -0.4 is 5.32 Å². The van der Waals surface area contributed by atoms with Crippen LogP contribution in [0.2, 0.25) is 0 Å². The van der Waals surface area contributed by atoms with Gasteiger partial charge in [-0.05, 0) is 46.1 Å². The van der Waals surface area contributed by atoms with Gasteiger partial charge in [0.2, 0.25) is 0 Å². The van der Waals surface area contributed by atoms with Gasteiger partial charge in [-0.15, -0.1) is 11.3 Å². The van der Waals surface area contributed by atoms with E-state index in [0.29, 0.717) is 0 Å². The third-order valence-corrected chi connectivity index (χ3v) is 4.63. The minimum Gasteiger partial charge on any atom is -0.306 e. The van der Waals surface area contributed by atoms with Crippen LogP contribution >= 0.6 is 11.3 Å². The van der Waals surface area contributed by atoms with Gasteiger partial charge < -0.3 is 5.32 Å². The molecule has 0 aromatic carbocycles. The molecule has 2 nitrogen and oxygen atoms in total. The summed E-state index contributed by atoms with van der Waals surface area (Å²) < 4.78 is 0. The Kier molecular flexibility index (Phi) is 5.14. The van der Waals surface area contributed by atoms with Crippen molar-refractivity contribution in [2.24, 2.45) is 5.92 Å². The fourth-order valence-electron chi connectivity index (χ4n) is 1.95. The number of hydrogen-bond donors (Lipinski definition) is 1. The van der Waals surface area contributed by atoms with Crippen molar-refractivity contribution in [1.29, 1.82) is 0 Å². The summed E-state index contributed by atoms with van der Waals surface area (Å²) in [6, 6.07) is 0. The van der Waals surface area contributed by atoms with Crippen LogP contribution in [0.4, 0.5) is 0 Å². The van der Waals surface area contributed by atoms with E-state index in [2.05, 4.69) is 46.9 Å². The topological polar surface area (TPSA) is 24.9 Å². The lowest BCUT2D eigenvalue weighted by Crippen LogP contribution is -2.39. The Bertz CT molecular complexity index is 338. The van der Waals surface area contributed by atoms with Crippen LogP contribution in [0.1, 0.15) is 56.1 Å². The van der Waals surface area contributed by atoms with E-state index in [1.165, 1.54) is 22.0 Å². The average molecular weight is 254 g/mol. The average Bonchev–Trinajstić information content (AvgIpc) is 2.57. The van der Waals surface area contributed by atoms with Crippen LogP contribution in [0.25, 0.3) is 0 Å². The van der Waals surface area contributed by atoms with E-state index in [1.54, 1.807) is 0 Å². The van der Waals surface area contributed by atoms with E-state index in [0.717, 1.165) is 18.9 Å². The highest BCUT2D eigenvalue weighted by Gasteiger charge is 2.29. The summed E-state index contributed by atoms with van der Waals surface area (Å²) in [5.74, 6) is 0.745. The molecule has 0 amide bonds. The highest BCUT2D eigenvalue weighted by atomic mass is 32.1. The summed E-state index contributed by atoms with van der Waals surface area (Å²) in [5.41, 5.74) is 1.22. The fourth-order valence-corrected chi connectivity index (χ4v) is 3.01. The Labute approximate surface area is 110 Å². The van der Waals surface area contributed by atoms with Gasteiger partial charge in [0.25, 0.3) is 0 Å². The molecule has 0 radical (unpaired) electrons. The molecular weight excluding hydrogens is 228 g/mol. The van der Waals surface area contributed by atoms with Crippen molar-refractivity contribution in [3.8, 4) is 0 Å². The molecule has 3 heteroatoms. The molecule has 0 aliphatic heterocycles. The maximum absolute atomic E-state index is 4.73. The van der Waals surface area contributed by atoms with Crippen molar-refractivity contribution in [1.82, 2.24) is 10.3 Å². The molecule has 1 N–H and O–H groups in total. The molecule has 1 aromatic heterocycles. The first-order chi connectivity index (χ1) is 7.89. The molecule has 17 heavy (non-hydrogen) atoms. The third-order valence-electron chi connectivity index (χ3n) is 3.29. The minimum atomic E-state index is 0.0444. The Morgan fingerprint density at radius 1 is 1.35 bits per heavy atom. The zero-order chi connectivity index (χ0) is 13.1. The normalized spacial score (nSPS) is 15.2. The van der Waals surface area contributed by atoms with E-state index >= 15 is 0 Å². The van der Waals surface area contributed by atoms with Gasteiger partial charge in [0, 0.05) is 4.88 Å². The van der Waals surface area contributed by atoms with Crippen LogP contribution in [0.3, 0.4) is 0 Å². The van der Waals surface area contributed by atoms with E-state index < -0.39 is 0 Å². The van der Waals surface area contributed by atoms with Gasteiger partial charge in [-0.1, -0.05) is 20.8 Å². The van der Waals surface area contributed by atoms with Crippen LogP contribution in [0.5, 0.6) is 0 Å². The molecule has 0 fully saturated rings. The minimum absolute atomic E-state index is 0.0444. The maximum Gasteiger partial charge on any atom is 0.113 e. The molecule has 1 rings (SSSR count). The monoisotopic (exact) mass is 254 g/mol. The molecule has 1 heterocycles. The Balaban J connectivity index is 2.89. The van der Waals surface area contributed by atoms with Crippen LogP contribution in [0, 0.1) is 19.8 Å². The lowest BCUT2D eigenvalue weighted by Gasteiger charge is -2.29. The molecular formula is C14H26N2S. The van der Waals surface area contributed by atoms with Crippen molar-refractivity contribution in [2.45, 2.75) is 59.9 Å². The second-order valence-electron chi connectivity index (χ2n) is 5.46. The van der Waals surface area contributed by atoms with Gasteiger partial charge in [-0.3, -0.25) is 0 Å². The standard InChI is InChI=1S/C14H26N2S/c1-7-15-14(6,9-8-10(2)3)13-16-11(4)12(5)17-13/h10,15H,7-9H2,1-6H3. The van der Waals surface area contributed by atoms with Crippen LogP contribution in [-0.2, 0) is 5.54 Å². The molecule has 0 aliphatic carbocycles. The van der Waals surface area contributed by atoms with Gasteiger partial charge >= 0.3 is 0 Å². The highest BCUT2D eigenvalue weighted by Crippen LogP contribution is 2.32. The number of nitrogens with one attached hydrogen (secondary N) is 1. The Morgan fingerprint density at radius 3 is 2.41 bits per heavy atom. The molecule has 0 bridgehead atoms. The molecule has 0 aliphatic rings. The zero-order valence-electron chi connectivity index (χ0n) is 12.1. The molecule has 1 aromatic rings. The highest BCUT2D eigenvalue weighted by molar-refractivity contribution is 7.11. The molecule has 0 spiro atoms. The Morgan fingerprint density at radius 2 is 2.00 bits per heavy atom. The SMILES string of the molecule is CCNC(C)(CCC(C)C)c1nc(C)c(C)s1. The first kappa shape index (κ1) is 14.7. The maximum atomic E-state index is 4.73. The molecule has 0 saturated heterocycles. The second kappa shape index (κ2) is 5.96. The van der Waals surface area contributed by atoms with Crippen molar-refractivity contribution in [3.63, 3.8) is 0 Å². The fraction of sp³-hybridized carbons (Fsp3) is 0.786. The third kappa shape index (κ3) is 3.78. The van der Waals surface area contributed by atoms with Gasteiger partial charge in [0.05, 0.1) is 11.2 Å². The van der Waals surface area contributed by atoms with Crippen molar-refractivity contribution in [2.75, 3.05) is 6.54 Å². The van der Waals surface area contributed by atoms with E-state index in [9.17, 15) is 0 Å². The first-order valence-electron chi connectivity index (χ1n) is 6.58. The van der Waals surface area contributed by atoms with E-state index in [-0.39, 0.29) is 5.54 Å². The van der Waals surface area contributed by atoms with Crippen LogP contribution in [0.15, 0.2) is 0 Å². The lowest BCUT2D eigenvalue weighted by atomic mass is 9.92. The molecule has 0 saturated carbocycles. The van der Waals surface area contributed by atoms with Crippen molar-refractivity contribution in [3.05, 3.63) is 15.6 Å². The number of aromatic nitrogens is 1. The predicted octanol–water partition coefficient (Wildman–Crippen LogP) is 4.02. The molecule has 98 valence electrons. The van der Waals surface area contributed by atoms with Gasteiger partial charge in [-0.2, -0.15) is 0 Å². The summed E-state index contributed by atoms with van der Waals surface area (Å²) >= 11 is 1.84.